The Balaban J connectivity index is 4.42. The molecule has 0 spiro atoms. The van der Waals surface area contributed by atoms with E-state index in [0.29, 0.717) is 6.54 Å². The Kier molecular flexibility index (Phi) is 5.67. The second-order valence-corrected chi connectivity index (χ2v) is 3.54. The van der Waals surface area contributed by atoms with Crippen LogP contribution >= 0.6 is 0 Å². The molecule has 5 nitrogen and oxygen atoms in total. The SMILES string of the molecule is CCCNC(=O)C(C(N)=NO)C(C)C. The van der Waals surface area contributed by atoms with Gasteiger partial charge < -0.3 is 16.3 Å². The third-order valence-electron chi connectivity index (χ3n) is 1.93. The van der Waals surface area contributed by atoms with E-state index in [0.717, 1.165) is 6.42 Å². The second-order valence-electron chi connectivity index (χ2n) is 3.54. The van der Waals surface area contributed by atoms with E-state index < -0.39 is 5.92 Å². The molecule has 0 aliphatic carbocycles. The van der Waals surface area contributed by atoms with E-state index in [1.165, 1.54) is 0 Å². The van der Waals surface area contributed by atoms with Crippen LogP contribution in [0.25, 0.3) is 0 Å². The summed E-state index contributed by atoms with van der Waals surface area (Å²) < 4.78 is 0. The standard InChI is InChI=1S/C9H19N3O2/c1-4-5-11-9(13)7(6(2)3)8(10)12-14/h6-7,14H,4-5H2,1-3H3,(H2,10,12)(H,11,13). The summed E-state index contributed by atoms with van der Waals surface area (Å²) in [5, 5.41) is 14.1. The first-order valence-corrected chi connectivity index (χ1v) is 4.79. The highest BCUT2D eigenvalue weighted by Crippen LogP contribution is 2.10. The van der Waals surface area contributed by atoms with Crippen LogP contribution in [-0.4, -0.2) is 23.5 Å². The van der Waals surface area contributed by atoms with Gasteiger partial charge in [-0.25, -0.2) is 0 Å². The van der Waals surface area contributed by atoms with Crippen LogP contribution in [0.15, 0.2) is 5.16 Å². The molecule has 0 saturated heterocycles. The van der Waals surface area contributed by atoms with Gasteiger partial charge in [0.15, 0.2) is 5.84 Å². The van der Waals surface area contributed by atoms with Crippen molar-refractivity contribution in [3.8, 4) is 0 Å². The maximum Gasteiger partial charge on any atom is 0.231 e. The summed E-state index contributed by atoms with van der Waals surface area (Å²) in [6.07, 6.45) is 0.868. The number of carbonyl (C=O) groups is 1. The first kappa shape index (κ1) is 12.7. The summed E-state index contributed by atoms with van der Waals surface area (Å²) in [5.74, 6) is -0.750. The van der Waals surface area contributed by atoms with Gasteiger partial charge in [-0.2, -0.15) is 0 Å². The monoisotopic (exact) mass is 201 g/mol. The predicted octanol–water partition coefficient (Wildman–Crippen LogP) is 0.531. The molecule has 0 bridgehead atoms. The van der Waals surface area contributed by atoms with Crippen molar-refractivity contribution in [1.82, 2.24) is 5.32 Å². The molecule has 1 amide bonds. The van der Waals surface area contributed by atoms with Crippen LogP contribution in [0.5, 0.6) is 0 Å². The Morgan fingerprint density at radius 3 is 2.50 bits per heavy atom. The Bertz CT molecular complexity index is 214. The Morgan fingerprint density at radius 2 is 2.14 bits per heavy atom. The topological polar surface area (TPSA) is 87.7 Å². The molecular formula is C9H19N3O2. The van der Waals surface area contributed by atoms with Gasteiger partial charge in [0.25, 0.3) is 0 Å². The highest BCUT2D eigenvalue weighted by atomic mass is 16.4. The van der Waals surface area contributed by atoms with Gasteiger partial charge in [0.2, 0.25) is 5.91 Å². The van der Waals surface area contributed by atoms with Crippen molar-refractivity contribution < 1.29 is 10.0 Å². The van der Waals surface area contributed by atoms with Crippen molar-refractivity contribution in [1.29, 1.82) is 0 Å². The largest absolute Gasteiger partial charge is 0.409 e. The fraction of sp³-hybridized carbons (Fsp3) is 0.778. The average Bonchev–Trinajstić information content (AvgIpc) is 2.14. The van der Waals surface area contributed by atoms with Crippen molar-refractivity contribution in [3.05, 3.63) is 0 Å². The molecule has 0 saturated carbocycles. The number of hydrogen-bond acceptors (Lipinski definition) is 3. The second kappa shape index (κ2) is 6.23. The molecule has 14 heavy (non-hydrogen) atoms. The van der Waals surface area contributed by atoms with E-state index in [-0.39, 0.29) is 17.7 Å². The molecule has 0 aromatic heterocycles. The molecule has 0 aromatic rings. The zero-order valence-electron chi connectivity index (χ0n) is 8.95. The molecule has 0 rings (SSSR count). The highest BCUT2D eigenvalue weighted by Gasteiger charge is 2.26. The van der Waals surface area contributed by atoms with Crippen molar-refractivity contribution in [2.75, 3.05) is 6.54 Å². The summed E-state index contributed by atoms with van der Waals surface area (Å²) in [6, 6.07) is 0. The van der Waals surface area contributed by atoms with E-state index in [1.54, 1.807) is 0 Å². The van der Waals surface area contributed by atoms with Gasteiger partial charge in [-0.15, -0.1) is 0 Å². The van der Waals surface area contributed by atoms with Crippen LogP contribution in [0.3, 0.4) is 0 Å². The molecule has 0 aromatic carbocycles. The molecule has 0 radical (unpaired) electrons. The number of rotatable bonds is 5. The highest BCUT2D eigenvalue weighted by molar-refractivity contribution is 6.02. The Hall–Kier alpha value is -1.26. The van der Waals surface area contributed by atoms with Crippen LogP contribution in [0.2, 0.25) is 0 Å². The zero-order chi connectivity index (χ0) is 11.1. The summed E-state index contributed by atoms with van der Waals surface area (Å²) in [6.45, 7) is 6.29. The Morgan fingerprint density at radius 1 is 1.57 bits per heavy atom. The van der Waals surface area contributed by atoms with Gasteiger partial charge in [-0.1, -0.05) is 25.9 Å². The minimum Gasteiger partial charge on any atom is -0.409 e. The van der Waals surface area contributed by atoms with Gasteiger partial charge in [-0.05, 0) is 12.3 Å². The quantitative estimate of drug-likeness (QED) is 0.262. The van der Waals surface area contributed by atoms with Gasteiger partial charge in [0.1, 0.15) is 5.92 Å². The van der Waals surface area contributed by atoms with E-state index in [4.69, 9.17) is 10.9 Å². The van der Waals surface area contributed by atoms with E-state index in [9.17, 15) is 4.79 Å². The average molecular weight is 201 g/mol. The van der Waals surface area contributed by atoms with Gasteiger partial charge in [-0.3, -0.25) is 4.79 Å². The van der Waals surface area contributed by atoms with E-state index >= 15 is 0 Å². The number of carbonyl (C=O) groups excluding carboxylic acids is 1. The number of hydrogen-bond donors (Lipinski definition) is 3. The molecule has 1 unspecified atom stereocenters. The fourth-order valence-electron chi connectivity index (χ4n) is 1.20. The zero-order valence-corrected chi connectivity index (χ0v) is 8.95. The molecule has 0 fully saturated rings. The number of nitrogens with two attached hydrogens (primary N) is 1. The third-order valence-corrected chi connectivity index (χ3v) is 1.93. The number of amidine groups is 1. The maximum absolute atomic E-state index is 11.6. The third kappa shape index (κ3) is 3.64. The van der Waals surface area contributed by atoms with Crippen molar-refractivity contribution in [2.45, 2.75) is 27.2 Å². The molecule has 1 atom stereocenters. The van der Waals surface area contributed by atoms with Crippen LogP contribution in [-0.2, 0) is 4.79 Å². The van der Waals surface area contributed by atoms with Crippen molar-refractivity contribution in [2.24, 2.45) is 22.7 Å². The first-order chi connectivity index (χ1) is 6.54. The van der Waals surface area contributed by atoms with Crippen LogP contribution in [0.4, 0.5) is 0 Å². The predicted molar refractivity (Wildman–Crippen MR) is 55.0 cm³/mol. The lowest BCUT2D eigenvalue weighted by atomic mass is 9.94. The molecule has 0 aliphatic rings. The normalized spacial score (nSPS) is 14.1. The molecule has 0 heterocycles. The number of nitrogens with one attached hydrogen (secondary N) is 1. The first-order valence-electron chi connectivity index (χ1n) is 4.79. The minimum absolute atomic E-state index is 0.0164. The minimum atomic E-state index is -0.549. The van der Waals surface area contributed by atoms with E-state index in [1.807, 2.05) is 20.8 Å². The maximum atomic E-state index is 11.6. The molecule has 4 N–H and O–H groups in total. The molecular weight excluding hydrogens is 182 g/mol. The Labute approximate surface area is 84.4 Å². The van der Waals surface area contributed by atoms with Crippen LogP contribution < -0.4 is 11.1 Å². The van der Waals surface area contributed by atoms with E-state index in [2.05, 4.69) is 10.5 Å². The van der Waals surface area contributed by atoms with Crippen molar-refractivity contribution in [3.63, 3.8) is 0 Å². The van der Waals surface area contributed by atoms with Crippen LogP contribution in [0.1, 0.15) is 27.2 Å². The lowest BCUT2D eigenvalue weighted by Crippen LogP contribution is -2.42. The fourth-order valence-corrected chi connectivity index (χ4v) is 1.20. The van der Waals surface area contributed by atoms with Gasteiger partial charge in [0.05, 0.1) is 0 Å². The lowest BCUT2D eigenvalue weighted by Gasteiger charge is -2.18. The number of oxime groups is 1. The van der Waals surface area contributed by atoms with Gasteiger partial charge in [0, 0.05) is 6.54 Å². The van der Waals surface area contributed by atoms with Crippen LogP contribution in [0, 0.1) is 11.8 Å². The summed E-state index contributed by atoms with van der Waals surface area (Å²) in [7, 11) is 0. The summed E-state index contributed by atoms with van der Waals surface area (Å²) >= 11 is 0. The summed E-state index contributed by atoms with van der Waals surface area (Å²) in [4.78, 5) is 11.6. The van der Waals surface area contributed by atoms with Gasteiger partial charge >= 0.3 is 0 Å². The van der Waals surface area contributed by atoms with Crippen molar-refractivity contribution >= 4 is 11.7 Å². The molecule has 82 valence electrons. The molecule has 0 aliphatic heterocycles. The smallest absolute Gasteiger partial charge is 0.231 e. The number of nitrogens with zero attached hydrogens (tertiary/aromatic N) is 1. The summed E-state index contributed by atoms with van der Waals surface area (Å²) in [5.41, 5.74) is 5.43. The molecule has 5 heteroatoms. The lowest BCUT2D eigenvalue weighted by molar-refractivity contribution is -0.124. The number of amides is 1.